The van der Waals surface area contributed by atoms with Crippen molar-refractivity contribution in [2.75, 3.05) is 31.1 Å². The van der Waals surface area contributed by atoms with Gasteiger partial charge in [0.05, 0.1) is 0 Å². The van der Waals surface area contributed by atoms with E-state index in [1.54, 1.807) is 17.0 Å². The van der Waals surface area contributed by atoms with Gasteiger partial charge in [-0.2, -0.15) is 5.26 Å². The lowest BCUT2D eigenvalue weighted by atomic mass is 10.2. The van der Waals surface area contributed by atoms with Crippen LogP contribution in [0.2, 0.25) is 0 Å². The van der Waals surface area contributed by atoms with E-state index in [1.165, 1.54) is 18.3 Å². The average molecular weight is 330 g/mol. The topological polar surface area (TPSA) is 59.4 Å². The maximum Gasteiger partial charge on any atom is 0.266 e. The van der Waals surface area contributed by atoms with E-state index < -0.39 is 0 Å². The highest BCUT2D eigenvalue weighted by molar-refractivity contribution is 5.97. The number of halogens is 1. The summed E-state index contributed by atoms with van der Waals surface area (Å²) in [5.74, 6) is -0.503. The number of piperazine rings is 1. The first kappa shape index (κ1) is 17.8. The first-order valence-electron chi connectivity index (χ1n) is 8.21. The maximum absolute atomic E-state index is 13.0. The lowest BCUT2D eigenvalue weighted by Gasteiger charge is -2.36. The van der Waals surface area contributed by atoms with Crippen LogP contribution in [0.25, 0.3) is 0 Å². The predicted octanol–water partition coefficient (Wildman–Crippen LogP) is 2.27. The third-order valence-corrected chi connectivity index (χ3v) is 4.23. The van der Waals surface area contributed by atoms with Crippen molar-refractivity contribution in [2.45, 2.75) is 26.3 Å². The summed E-state index contributed by atoms with van der Waals surface area (Å²) in [6.45, 7) is 6.44. The number of nitrogens with one attached hydrogen (secondary N) is 1. The van der Waals surface area contributed by atoms with Crippen LogP contribution in [0.4, 0.5) is 10.1 Å². The molecule has 1 saturated heterocycles. The molecule has 1 aromatic rings. The molecule has 128 valence electrons. The molecule has 1 heterocycles. The zero-order chi connectivity index (χ0) is 17.5. The van der Waals surface area contributed by atoms with Crippen LogP contribution < -0.4 is 10.2 Å². The second kappa shape index (κ2) is 8.34. The fraction of sp³-hybridized carbons (Fsp3) is 0.444. The number of rotatable bonds is 5. The Morgan fingerprint density at radius 3 is 2.50 bits per heavy atom. The van der Waals surface area contributed by atoms with Gasteiger partial charge in [-0.05, 0) is 37.6 Å². The minimum absolute atomic E-state index is 0.130. The summed E-state index contributed by atoms with van der Waals surface area (Å²) in [5.41, 5.74) is 1.07. The maximum atomic E-state index is 13.0. The smallest absolute Gasteiger partial charge is 0.266 e. The molecule has 0 spiro atoms. The summed E-state index contributed by atoms with van der Waals surface area (Å²) in [6.07, 6.45) is 2.43. The first-order chi connectivity index (χ1) is 11.5. The fourth-order valence-corrected chi connectivity index (χ4v) is 2.48. The Morgan fingerprint density at radius 2 is 1.96 bits per heavy atom. The van der Waals surface area contributed by atoms with Crippen molar-refractivity contribution >= 4 is 11.6 Å². The number of hydrogen-bond donors (Lipinski definition) is 1. The van der Waals surface area contributed by atoms with Crippen molar-refractivity contribution < 1.29 is 9.18 Å². The monoisotopic (exact) mass is 330 g/mol. The molecule has 1 aromatic carbocycles. The van der Waals surface area contributed by atoms with Crippen molar-refractivity contribution in [1.29, 1.82) is 5.26 Å². The molecular weight excluding hydrogens is 307 g/mol. The van der Waals surface area contributed by atoms with E-state index in [9.17, 15) is 14.4 Å². The minimum atomic E-state index is -0.259. The second-order valence-corrected chi connectivity index (χ2v) is 5.90. The Bertz CT molecular complexity index is 627. The molecular formula is C18H23FN4O. The molecule has 24 heavy (non-hydrogen) atoms. The lowest BCUT2D eigenvalue weighted by Crippen LogP contribution is -2.49. The summed E-state index contributed by atoms with van der Waals surface area (Å²) in [6, 6.07) is 8.55. The zero-order valence-electron chi connectivity index (χ0n) is 14.1. The first-order valence-corrected chi connectivity index (χ1v) is 8.21. The third kappa shape index (κ3) is 4.48. The molecule has 0 radical (unpaired) electrons. The van der Waals surface area contributed by atoms with Gasteiger partial charge < -0.3 is 15.1 Å². The van der Waals surface area contributed by atoms with E-state index in [-0.39, 0.29) is 23.3 Å². The summed E-state index contributed by atoms with van der Waals surface area (Å²) >= 11 is 0. The molecule has 1 unspecified atom stereocenters. The molecule has 0 aliphatic carbocycles. The van der Waals surface area contributed by atoms with Gasteiger partial charge >= 0.3 is 0 Å². The highest BCUT2D eigenvalue weighted by Crippen LogP contribution is 2.17. The molecule has 1 N–H and O–H groups in total. The molecule has 1 aliphatic rings. The second-order valence-electron chi connectivity index (χ2n) is 5.90. The van der Waals surface area contributed by atoms with Crippen molar-refractivity contribution in [3.63, 3.8) is 0 Å². The highest BCUT2D eigenvalue weighted by Gasteiger charge is 2.23. The zero-order valence-corrected chi connectivity index (χ0v) is 14.1. The highest BCUT2D eigenvalue weighted by atomic mass is 19.1. The normalized spacial score (nSPS) is 16.5. The van der Waals surface area contributed by atoms with Crippen molar-refractivity contribution in [3.05, 3.63) is 41.9 Å². The van der Waals surface area contributed by atoms with Gasteiger partial charge in [-0.15, -0.1) is 0 Å². The summed E-state index contributed by atoms with van der Waals surface area (Å²) < 4.78 is 13.0. The van der Waals surface area contributed by atoms with Crippen LogP contribution >= 0.6 is 0 Å². The number of carbonyl (C=O) groups is 1. The fourth-order valence-electron chi connectivity index (χ4n) is 2.48. The van der Waals surface area contributed by atoms with Gasteiger partial charge in [-0.1, -0.05) is 6.92 Å². The Hall–Kier alpha value is -2.55. The molecule has 6 heteroatoms. The SMILES string of the molecule is CCC(C)N/C=C(/C#N)C(=O)N1CCN(c2ccc(F)cc2)CC1. The van der Waals surface area contributed by atoms with Crippen LogP contribution in [0, 0.1) is 17.1 Å². The molecule has 0 saturated carbocycles. The van der Waals surface area contributed by atoms with E-state index in [2.05, 4.69) is 10.2 Å². The van der Waals surface area contributed by atoms with Crippen LogP contribution in [0.15, 0.2) is 36.0 Å². The molecule has 2 rings (SSSR count). The molecule has 0 aromatic heterocycles. The Kier molecular flexibility index (Phi) is 6.19. The number of amides is 1. The van der Waals surface area contributed by atoms with Gasteiger partial charge in [-0.3, -0.25) is 4.79 Å². The van der Waals surface area contributed by atoms with E-state index in [0.717, 1.165) is 12.1 Å². The predicted molar refractivity (Wildman–Crippen MR) is 91.8 cm³/mol. The Morgan fingerprint density at radius 1 is 1.33 bits per heavy atom. The van der Waals surface area contributed by atoms with Crippen LogP contribution in [-0.4, -0.2) is 43.0 Å². The summed E-state index contributed by atoms with van der Waals surface area (Å²) in [7, 11) is 0. The van der Waals surface area contributed by atoms with E-state index in [4.69, 9.17) is 0 Å². The van der Waals surface area contributed by atoms with Crippen molar-refractivity contribution in [3.8, 4) is 6.07 Å². The summed E-state index contributed by atoms with van der Waals surface area (Å²) in [5, 5.41) is 12.3. The largest absolute Gasteiger partial charge is 0.387 e. The molecule has 1 fully saturated rings. The van der Waals surface area contributed by atoms with Gasteiger partial charge in [0.25, 0.3) is 5.91 Å². The number of carbonyl (C=O) groups excluding carboxylic acids is 1. The third-order valence-electron chi connectivity index (χ3n) is 4.23. The van der Waals surface area contributed by atoms with Gasteiger partial charge in [-0.25, -0.2) is 4.39 Å². The Balaban J connectivity index is 1.94. The number of benzene rings is 1. The average Bonchev–Trinajstić information content (AvgIpc) is 2.62. The Labute approximate surface area is 142 Å². The number of nitrogens with zero attached hydrogens (tertiary/aromatic N) is 3. The van der Waals surface area contributed by atoms with Gasteiger partial charge in [0.2, 0.25) is 0 Å². The summed E-state index contributed by atoms with van der Waals surface area (Å²) in [4.78, 5) is 16.2. The van der Waals surface area contributed by atoms with Gasteiger partial charge in [0.1, 0.15) is 17.5 Å². The molecule has 1 aliphatic heterocycles. The molecule has 0 bridgehead atoms. The van der Waals surface area contributed by atoms with Crippen LogP contribution in [0.5, 0.6) is 0 Å². The standard InChI is InChI=1S/C18H23FN4O/c1-3-14(2)21-13-15(12-20)18(24)23-10-8-22(9-11-23)17-6-4-16(19)5-7-17/h4-7,13-14,21H,3,8-11H2,1-2H3/b15-13-. The molecule has 5 nitrogen and oxygen atoms in total. The van der Waals surface area contributed by atoms with Crippen LogP contribution in [-0.2, 0) is 4.79 Å². The van der Waals surface area contributed by atoms with E-state index >= 15 is 0 Å². The van der Waals surface area contributed by atoms with Crippen LogP contribution in [0.3, 0.4) is 0 Å². The van der Waals surface area contributed by atoms with E-state index in [0.29, 0.717) is 26.2 Å². The van der Waals surface area contributed by atoms with Gasteiger partial charge in [0.15, 0.2) is 0 Å². The van der Waals surface area contributed by atoms with Crippen LogP contribution in [0.1, 0.15) is 20.3 Å². The number of nitriles is 1. The quantitative estimate of drug-likeness (QED) is 0.665. The van der Waals surface area contributed by atoms with Crippen molar-refractivity contribution in [1.82, 2.24) is 10.2 Å². The lowest BCUT2D eigenvalue weighted by molar-refractivity contribution is -0.127. The number of anilines is 1. The van der Waals surface area contributed by atoms with Crippen molar-refractivity contribution in [2.24, 2.45) is 0 Å². The molecule has 1 amide bonds. The van der Waals surface area contributed by atoms with Gasteiger partial charge in [0, 0.05) is 44.1 Å². The number of hydrogen-bond acceptors (Lipinski definition) is 4. The minimum Gasteiger partial charge on any atom is -0.387 e. The van der Waals surface area contributed by atoms with E-state index in [1.807, 2.05) is 19.9 Å². The molecule has 1 atom stereocenters.